The van der Waals surface area contributed by atoms with Gasteiger partial charge in [0.2, 0.25) is 5.88 Å². The molecule has 0 radical (unpaired) electrons. The first-order valence-corrected chi connectivity index (χ1v) is 9.82. The Morgan fingerprint density at radius 2 is 2.04 bits per heavy atom. The normalized spacial score (nSPS) is 14.9. The Kier molecular flexibility index (Phi) is 3.71. The number of thiazole rings is 1. The second-order valence-corrected chi connectivity index (χ2v) is 8.21. The molecule has 132 valence electrons. The molecule has 0 saturated heterocycles. The molecule has 4 nitrogen and oxygen atoms in total. The van der Waals surface area contributed by atoms with Crippen LogP contribution in [0.15, 0.2) is 40.8 Å². The first kappa shape index (κ1) is 16.1. The van der Waals surface area contributed by atoms with Gasteiger partial charge in [0.05, 0.1) is 10.2 Å². The number of likely N-dealkylation sites (N-methyl/N-ethyl adjacent to an activating group) is 1. The predicted octanol–water partition coefficient (Wildman–Crippen LogP) is 5.45. The number of furan rings is 1. The Labute approximate surface area is 160 Å². The Balaban J connectivity index is 1.70. The molecule has 1 aliphatic heterocycles. The largest absolute Gasteiger partial charge is 0.440 e. The number of nitrogens with zero attached hydrogens (tertiary/aromatic N) is 3. The van der Waals surface area contributed by atoms with Crippen LogP contribution >= 0.6 is 22.9 Å². The van der Waals surface area contributed by atoms with E-state index in [1.54, 1.807) is 11.3 Å². The summed E-state index contributed by atoms with van der Waals surface area (Å²) in [7, 11) is 4.16. The Hall–Kier alpha value is -2.08. The van der Waals surface area contributed by atoms with E-state index >= 15 is 0 Å². The molecule has 0 bridgehead atoms. The zero-order valence-electron chi connectivity index (χ0n) is 14.6. The summed E-state index contributed by atoms with van der Waals surface area (Å²) in [6.45, 7) is 1.82. The first-order valence-electron chi connectivity index (χ1n) is 8.62. The number of fused-ring (bicyclic) bond motifs is 1. The van der Waals surface area contributed by atoms with Gasteiger partial charge >= 0.3 is 0 Å². The van der Waals surface area contributed by atoms with Crippen molar-refractivity contribution in [1.82, 2.24) is 9.88 Å². The van der Waals surface area contributed by atoms with Crippen molar-refractivity contribution in [3.05, 3.63) is 52.5 Å². The van der Waals surface area contributed by atoms with Crippen molar-refractivity contribution in [1.29, 1.82) is 0 Å². The van der Waals surface area contributed by atoms with Gasteiger partial charge in [0, 0.05) is 36.1 Å². The zero-order chi connectivity index (χ0) is 17.8. The highest BCUT2D eigenvalue weighted by Gasteiger charge is 2.26. The van der Waals surface area contributed by atoms with Gasteiger partial charge in [-0.2, -0.15) is 0 Å². The molecule has 2 aromatic carbocycles. The van der Waals surface area contributed by atoms with Crippen LogP contribution in [0, 0.1) is 0 Å². The van der Waals surface area contributed by atoms with E-state index in [1.807, 2.05) is 37.4 Å². The summed E-state index contributed by atoms with van der Waals surface area (Å²) in [4.78, 5) is 9.16. The zero-order valence-corrected chi connectivity index (χ0v) is 16.2. The number of para-hydroxylation sites is 1. The lowest BCUT2D eigenvalue weighted by Crippen LogP contribution is -2.20. The van der Waals surface area contributed by atoms with Gasteiger partial charge in [0.15, 0.2) is 5.13 Å². The Morgan fingerprint density at radius 3 is 2.88 bits per heavy atom. The van der Waals surface area contributed by atoms with E-state index < -0.39 is 0 Å². The summed E-state index contributed by atoms with van der Waals surface area (Å²) in [6, 6.07) is 12.1. The highest BCUT2D eigenvalue weighted by Crippen LogP contribution is 2.42. The molecule has 1 aliphatic rings. The van der Waals surface area contributed by atoms with Crippen LogP contribution in [0.5, 0.6) is 0 Å². The lowest BCUT2D eigenvalue weighted by Gasteiger charge is -2.17. The van der Waals surface area contributed by atoms with Gasteiger partial charge < -0.3 is 9.32 Å². The number of hydrogen-bond acceptors (Lipinski definition) is 5. The molecule has 0 atom stereocenters. The van der Waals surface area contributed by atoms with Crippen LogP contribution in [-0.4, -0.2) is 30.5 Å². The maximum absolute atomic E-state index is 6.50. The van der Waals surface area contributed by atoms with Crippen molar-refractivity contribution >= 4 is 55.1 Å². The smallest absolute Gasteiger partial charge is 0.207 e. The van der Waals surface area contributed by atoms with E-state index in [0.717, 1.165) is 46.6 Å². The Bertz CT molecular complexity index is 1100. The number of rotatable bonds is 2. The number of halogens is 1. The molecular weight excluding hydrogens is 366 g/mol. The minimum absolute atomic E-state index is 0.823. The minimum Gasteiger partial charge on any atom is -0.440 e. The van der Waals surface area contributed by atoms with Crippen molar-refractivity contribution in [2.24, 2.45) is 0 Å². The molecule has 0 aliphatic carbocycles. The third-order valence-corrected chi connectivity index (χ3v) is 6.50. The van der Waals surface area contributed by atoms with Gasteiger partial charge in [-0.1, -0.05) is 35.1 Å². The summed E-state index contributed by atoms with van der Waals surface area (Å²) in [5.74, 6) is 0.858. The van der Waals surface area contributed by atoms with Crippen molar-refractivity contribution in [2.45, 2.75) is 13.0 Å². The summed E-state index contributed by atoms with van der Waals surface area (Å²) in [6.07, 6.45) is 0.934. The summed E-state index contributed by atoms with van der Waals surface area (Å²) in [5, 5.41) is 2.93. The van der Waals surface area contributed by atoms with Gasteiger partial charge in [-0.05, 0) is 43.3 Å². The lowest BCUT2D eigenvalue weighted by molar-refractivity contribution is 0.335. The van der Waals surface area contributed by atoms with Crippen LogP contribution < -0.4 is 4.90 Å². The van der Waals surface area contributed by atoms with E-state index in [0.29, 0.717) is 0 Å². The van der Waals surface area contributed by atoms with Crippen LogP contribution in [0.25, 0.3) is 21.2 Å². The maximum atomic E-state index is 6.50. The summed E-state index contributed by atoms with van der Waals surface area (Å²) in [5.41, 5.74) is 4.30. The number of aromatic nitrogens is 1. The van der Waals surface area contributed by atoms with Gasteiger partial charge in [-0.25, -0.2) is 4.98 Å². The molecule has 0 fully saturated rings. The van der Waals surface area contributed by atoms with E-state index in [1.165, 1.54) is 21.2 Å². The fourth-order valence-corrected chi connectivity index (χ4v) is 4.87. The van der Waals surface area contributed by atoms with Gasteiger partial charge in [-0.3, -0.25) is 4.90 Å². The molecule has 4 aromatic rings. The first-order chi connectivity index (χ1) is 12.6. The fraction of sp³-hybridized carbons (Fsp3) is 0.250. The van der Waals surface area contributed by atoms with Crippen LogP contribution in [-0.2, 0) is 13.0 Å². The molecule has 3 heterocycles. The summed E-state index contributed by atoms with van der Waals surface area (Å²) >= 11 is 8.18. The standard InChI is InChI=1S/C20H18ClN3OS/c1-23-10-9-12-14(21)7-8-16-18(12)13(11-23)19(25-16)24(2)20-22-15-5-3-4-6-17(15)26-20/h3-8H,9-11H2,1-2H3. The average molecular weight is 384 g/mol. The number of benzene rings is 2. The van der Waals surface area contributed by atoms with Crippen molar-refractivity contribution in [2.75, 3.05) is 25.5 Å². The second kappa shape index (κ2) is 5.98. The number of anilines is 2. The molecular formula is C20H18ClN3OS. The highest BCUT2D eigenvalue weighted by molar-refractivity contribution is 7.22. The lowest BCUT2D eigenvalue weighted by atomic mass is 10.0. The monoisotopic (exact) mass is 383 g/mol. The molecule has 0 saturated carbocycles. The SMILES string of the molecule is CN1CCc2c(Cl)ccc3oc(N(C)c4nc5ccccc5s4)c(c23)C1. The van der Waals surface area contributed by atoms with E-state index in [-0.39, 0.29) is 0 Å². The average Bonchev–Trinajstić information content (AvgIpc) is 3.17. The van der Waals surface area contributed by atoms with E-state index in [4.69, 9.17) is 21.0 Å². The van der Waals surface area contributed by atoms with Crippen LogP contribution in [0.1, 0.15) is 11.1 Å². The number of hydrogen-bond donors (Lipinski definition) is 0. The fourth-order valence-electron chi connectivity index (χ4n) is 3.69. The molecule has 0 N–H and O–H groups in total. The summed E-state index contributed by atoms with van der Waals surface area (Å²) < 4.78 is 7.47. The molecule has 0 amide bonds. The van der Waals surface area contributed by atoms with Gasteiger partial charge in [0.1, 0.15) is 5.58 Å². The van der Waals surface area contributed by atoms with Crippen molar-refractivity contribution in [3.8, 4) is 0 Å². The van der Waals surface area contributed by atoms with Crippen LogP contribution in [0.3, 0.4) is 0 Å². The quantitative estimate of drug-likeness (QED) is 0.460. The van der Waals surface area contributed by atoms with E-state index in [2.05, 4.69) is 22.9 Å². The van der Waals surface area contributed by atoms with Crippen LogP contribution in [0.2, 0.25) is 5.02 Å². The molecule has 0 spiro atoms. The molecule has 6 heteroatoms. The maximum Gasteiger partial charge on any atom is 0.207 e. The topological polar surface area (TPSA) is 32.5 Å². The second-order valence-electron chi connectivity index (χ2n) is 6.80. The van der Waals surface area contributed by atoms with Crippen LogP contribution in [0.4, 0.5) is 11.0 Å². The highest BCUT2D eigenvalue weighted by atomic mass is 35.5. The van der Waals surface area contributed by atoms with Gasteiger partial charge in [0.25, 0.3) is 0 Å². The minimum atomic E-state index is 0.823. The van der Waals surface area contributed by atoms with E-state index in [9.17, 15) is 0 Å². The molecule has 5 rings (SSSR count). The predicted molar refractivity (Wildman–Crippen MR) is 109 cm³/mol. The third-order valence-electron chi connectivity index (χ3n) is 5.03. The molecule has 2 aromatic heterocycles. The Morgan fingerprint density at radius 1 is 1.19 bits per heavy atom. The third kappa shape index (κ3) is 2.42. The van der Waals surface area contributed by atoms with Crippen molar-refractivity contribution in [3.63, 3.8) is 0 Å². The molecule has 26 heavy (non-hydrogen) atoms. The molecule has 0 unspecified atom stereocenters. The van der Waals surface area contributed by atoms with Gasteiger partial charge in [-0.15, -0.1) is 0 Å². The van der Waals surface area contributed by atoms with Crippen molar-refractivity contribution < 1.29 is 4.42 Å².